The number of nitrogens with zero attached hydrogens (tertiary/aromatic N) is 4. The summed E-state index contributed by atoms with van der Waals surface area (Å²) >= 11 is 1.40. The molecule has 0 unspecified atom stereocenters. The number of hydrogen-bond donors (Lipinski definition) is 2. The molecule has 0 amide bonds. The summed E-state index contributed by atoms with van der Waals surface area (Å²) in [6, 6.07) is 3.62. The number of rotatable bonds is 6. The van der Waals surface area contributed by atoms with Crippen LogP contribution in [0, 0.1) is 12.3 Å². The van der Waals surface area contributed by atoms with Crippen molar-refractivity contribution in [2.75, 3.05) is 18.2 Å². The van der Waals surface area contributed by atoms with Crippen LogP contribution in [0.4, 0.5) is 16.6 Å². The van der Waals surface area contributed by atoms with Crippen LogP contribution in [0.25, 0.3) is 10.3 Å². The molecule has 0 atom stereocenters. The standard InChI is InChI=1S/C11H10N6OS.C10H12/c1-18-7-3-2-6(4-13-7)16-11-17-10-8(19-11)9(12)14-5-15-10;1-4-7-9-10(6-3)8-5-2/h2-5H,1H3,(H3,12,14,15,16,17);3-4,7-9H,1,5H2,2H3/b;9-7-,10-8-. The van der Waals surface area contributed by atoms with E-state index in [1.165, 1.54) is 17.7 Å². The molecule has 0 saturated carbocycles. The zero-order valence-electron chi connectivity index (χ0n) is 16.3. The molecule has 3 heterocycles. The highest BCUT2D eigenvalue weighted by Crippen LogP contribution is 2.29. The first kappa shape index (κ1) is 21.6. The Hall–Kier alpha value is -3.70. The second-order valence-electron chi connectivity index (χ2n) is 5.45. The SMILES string of the molecule is C#CC(/C=C\C=C)=C/CC.COc1ccc(Nc2nc3ncnc(N)c3s2)cn1. The predicted molar refractivity (Wildman–Crippen MR) is 120 cm³/mol. The van der Waals surface area contributed by atoms with Gasteiger partial charge in [-0.2, -0.15) is 4.98 Å². The Labute approximate surface area is 174 Å². The van der Waals surface area contributed by atoms with Crippen molar-refractivity contribution >= 4 is 38.3 Å². The van der Waals surface area contributed by atoms with Gasteiger partial charge in [-0.15, -0.1) is 6.42 Å². The maximum absolute atomic E-state index is 5.76. The summed E-state index contributed by atoms with van der Waals surface area (Å²) in [7, 11) is 1.57. The van der Waals surface area contributed by atoms with Gasteiger partial charge < -0.3 is 15.8 Å². The summed E-state index contributed by atoms with van der Waals surface area (Å²) in [5.41, 5.74) is 8.08. The average Bonchev–Trinajstić information content (AvgIpc) is 3.16. The number of anilines is 3. The number of allylic oxidation sites excluding steroid dienone is 5. The van der Waals surface area contributed by atoms with E-state index >= 15 is 0 Å². The Bertz CT molecular complexity index is 1050. The first-order valence-corrected chi connectivity index (χ1v) is 9.52. The first-order valence-electron chi connectivity index (χ1n) is 8.71. The van der Waals surface area contributed by atoms with Crippen LogP contribution in [0.5, 0.6) is 5.88 Å². The molecule has 29 heavy (non-hydrogen) atoms. The molecule has 0 aliphatic carbocycles. The lowest BCUT2D eigenvalue weighted by atomic mass is 10.2. The molecule has 3 aromatic rings. The molecule has 0 fully saturated rings. The van der Waals surface area contributed by atoms with Gasteiger partial charge in [0.2, 0.25) is 5.88 Å². The van der Waals surface area contributed by atoms with E-state index < -0.39 is 0 Å². The van der Waals surface area contributed by atoms with Gasteiger partial charge in [0, 0.05) is 11.6 Å². The van der Waals surface area contributed by atoms with Crippen LogP contribution in [0.15, 0.2) is 61.1 Å². The summed E-state index contributed by atoms with van der Waals surface area (Å²) in [6.45, 7) is 5.60. The van der Waals surface area contributed by atoms with E-state index in [2.05, 4.69) is 44.7 Å². The highest BCUT2D eigenvalue weighted by molar-refractivity contribution is 7.22. The minimum atomic E-state index is 0.434. The number of nitrogens with one attached hydrogen (secondary N) is 1. The summed E-state index contributed by atoms with van der Waals surface area (Å²) in [6.07, 6.45) is 16.6. The van der Waals surface area contributed by atoms with Gasteiger partial charge in [0.15, 0.2) is 10.8 Å². The zero-order chi connectivity index (χ0) is 21.1. The van der Waals surface area contributed by atoms with Crippen molar-refractivity contribution in [1.82, 2.24) is 19.9 Å². The van der Waals surface area contributed by atoms with Gasteiger partial charge in [0.25, 0.3) is 0 Å². The number of hydrogen-bond acceptors (Lipinski definition) is 8. The quantitative estimate of drug-likeness (QED) is 0.459. The van der Waals surface area contributed by atoms with Gasteiger partial charge >= 0.3 is 0 Å². The van der Waals surface area contributed by atoms with Crippen LogP contribution in [0.2, 0.25) is 0 Å². The van der Waals surface area contributed by atoms with Gasteiger partial charge in [0.05, 0.1) is 19.0 Å². The number of thiazole rings is 1. The molecule has 3 aromatic heterocycles. The van der Waals surface area contributed by atoms with E-state index in [-0.39, 0.29) is 0 Å². The fourth-order valence-electron chi connectivity index (χ4n) is 2.09. The Morgan fingerprint density at radius 3 is 2.79 bits per heavy atom. The van der Waals surface area contributed by atoms with Crippen LogP contribution in [-0.2, 0) is 0 Å². The largest absolute Gasteiger partial charge is 0.481 e. The van der Waals surface area contributed by atoms with Crippen molar-refractivity contribution in [1.29, 1.82) is 0 Å². The Kier molecular flexibility index (Phi) is 8.35. The maximum atomic E-state index is 5.76. The number of pyridine rings is 1. The Balaban J connectivity index is 0.000000257. The molecule has 0 radical (unpaired) electrons. The van der Waals surface area contributed by atoms with Gasteiger partial charge in [-0.05, 0) is 18.6 Å². The van der Waals surface area contributed by atoms with Gasteiger partial charge in [-0.3, -0.25) is 0 Å². The Morgan fingerprint density at radius 2 is 2.21 bits per heavy atom. The molecule has 3 N–H and O–H groups in total. The molecule has 8 heteroatoms. The molecule has 148 valence electrons. The lowest BCUT2D eigenvalue weighted by Gasteiger charge is -2.02. The molecule has 3 rings (SSSR count). The van der Waals surface area contributed by atoms with Crippen molar-refractivity contribution < 1.29 is 4.74 Å². The Morgan fingerprint density at radius 1 is 1.38 bits per heavy atom. The molecular formula is C21H22N6OS. The molecule has 0 aliphatic heterocycles. The second-order valence-corrected chi connectivity index (χ2v) is 6.45. The minimum Gasteiger partial charge on any atom is -0.481 e. The fourth-order valence-corrected chi connectivity index (χ4v) is 2.93. The van der Waals surface area contributed by atoms with E-state index in [9.17, 15) is 0 Å². The molecule has 0 aromatic carbocycles. The number of fused-ring (bicyclic) bond motifs is 1. The number of nitrogen functional groups attached to an aromatic ring is 1. The smallest absolute Gasteiger partial charge is 0.213 e. The number of methoxy groups -OCH3 is 1. The number of ether oxygens (including phenoxy) is 1. The van der Waals surface area contributed by atoms with Crippen LogP contribution in [0.1, 0.15) is 13.3 Å². The van der Waals surface area contributed by atoms with E-state index in [0.717, 1.165) is 22.4 Å². The molecular weight excluding hydrogens is 384 g/mol. The van der Waals surface area contributed by atoms with Gasteiger partial charge in [-0.1, -0.05) is 49.0 Å². The average molecular weight is 407 g/mol. The summed E-state index contributed by atoms with van der Waals surface area (Å²) in [4.78, 5) is 16.4. The van der Waals surface area contributed by atoms with E-state index in [0.29, 0.717) is 22.5 Å². The minimum absolute atomic E-state index is 0.434. The number of nitrogens with two attached hydrogens (primary N) is 1. The van der Waals surface area contributed by atoms with Gasteiger partial charge in [-0.25, -0.2) is 15.0 Å². The summed E-state index contributed by atoms with van der Waals surface area (Å²) in [5.74, 6) is 3.56. The first-order chi connectivity index (χ1) is 14.1. The topological polar surface area (TPSA) is 98.8 Å². The monoisotopic (exact) mass is 406 g/mol. The van der Waals surface area contributed by atoms with Crippen molar-refractivity contribution in [3.63, 3.8) is 0 Å². The maximum Gasteiger partial charge on any atom is 0.213 e. The number of terminal acetylenes is 1. The zero-order valence-corrected chi connectivity index (χ0v) is 17.1. The molecule has 0 bridgehead atoms. The molecule has 0 aliphatic rings. The van der Waals surface area contributed by atoms with Crippen molar-refractivity contribution in [3.05, 3.63) is 61.1 Å². The molecule has 0 spiro atoms. The second kappa shape index (κ2) is 11.2. The number of aromatic nitrogens is 4. The predicted octanol–water partition coefficient (Wildman–Crippen LogP) is 4.51. The highest BCUT2D eigenvalue weighted by Gasteiger charge is 2.08. The highest BCUT2D eigenvalue weighted by atomic mass is 32.1. The lowest BCUT2D eigenvalue weighted by Crippen LogP contribution is -1.92. The van der Waals surface area contributed by atoms with Crippen LogP contribution < -0.4 is 15.8 Å². The van der Waals surface area contributed by atoms with Crippen molar-refractivity contribution in [2.45, 2.75) is 13.3 Å². The third kappa shape index (κ3) is 6.45. The van der Waals surface area contributed by atoms with Crippen molar-refractivity contribution in [3.8, 4) is 18.2 Å². The van der Waals surface area contributed by atoms with Gasteiger partial charge in [0.1, 0.15) is 16.8 Å². The third-order valence-electron chi connectivity index (χ3n) is 3.42. The summed E-state index contributed by atoms with van der Waals surface area (Å²) in [5, 5.41) is 3.83. The van der Waals surface area contributed by atoms with Crippen LogP contribution >= 0.6 is 11.3 Å². The van der Waals surface area contributed by atoms with Crippen molar-refractivity contribution in [2.24, 2.45) is 0 Å². The third-order valence-corrected chi connectivity index (χ3v) is 4.40. The normalized spacial score (nSPS) is 10.9. The molecule has 0 saturated heterocycles. The van der Waals surface area contributed by atoms with E-state index in [4.69, 9.17) is 16.9 Å². The lowest BCUT2D eigenvalue weighted by molar-refractivity contribution is 0.398. The fraction of sp³-hybridized carbons (Fsp3) is 0.143. The molecule has 7 nitrogen and oxygen atoms in total. The van der Waals surface area contributed by atoms with E-state index in [1.807, 2.05) is 24.3 Å². The summed E-state index contributed by atoms with van der Waals surface area (Å²) < 4.78 is 5.77. The van der Waals surface area contributed by atoms with E-state index in [1.54, 1.807) is 25.4 Å². The van der Waals surface area contributed by atoms with Crippen LogP contribution in [-0.4, -0.2) is 27.0 Å². The van der Waals surface area contributed by atoms with Crippen LogP contribution in [0.3, 0.4) is 0 Å².